The average molecular weight is 231 g/mol. The number of rotatable bonds is 4. The van der Waals surface area contributed by atoms with Crippen molar-refractivity contribution in [2.75, 3.05) is 13.1 Å². The Bertz CT molecular complexity index is 333. The summed E-state index contributed by atoms with van der Waals surface area (Å²) in [6.07, 6.45) is 5.35. The predicted molar refractivity (Wildman–Crippen MR) is 74.3 cm³/mol. The molecule has 2 atom stereocenters. The Morgan fingerprint density at radius 3 is 2.76 bits per heavy atom. The van der Waals surface area contributed by atoms with Crippen LogP contribution in [0.15, 0.2) is 30.3 Å². The van der Waals surface area contributed by atoms with Crippen molar-refractivity contribution < 1.29 is 0 Å². The van der Waals surface area contributed by atoms with Gasteiger partial charge in [-0.15, -0.1) is 0 Å². The van der Waals surface area contributed by atoms with E-state index in [2.05, 4.69) is 49.5 Å². The van der Waals surface area contributed by atoms with E-state index in [1.54, 1.807) is 0 Å². The first-order valence-electron chi connectivity index (χ1n) is 7.02. The topological polar surface area (TPSA) is 12.0 Å². The summed E-state index contributed by atoms with van der Waals surface area (Å²) in [6, 6.07) is 11.0. The lowest BCUT2D eigenvalue weighted by atomic mass is 9.66. The molecule has 2 unspecified atom stereocenters. The normalized spacial score (nSPS) is 29.2. The van der Waals surface area contributed by atoms with E-state index in [0.717, 1.165) is 6.54 Å². The Kier molecular flexibility index (Phi) is 4.22. The summed E-state index contributed by atoms with van der Waals surface area (Å²) in [5, 5.41) is 3.56. The molecule has 0 aliphatic carbocycles. The van der Waals surface area contributed by atoms with Crippen molar-refractivity contribution in [3.05, 3.63) is 35.9 Å². The number of hydrogen-bond donors (Lipinski definition) is 1. The molecule has 1 saturated heterocycles. The minimum Gasteiger partial charge on any atom is -0.316 e. The summed E-state index contributed by atoms with van der Waals surface area (Å²) in [6.45, 7) is 7.11. The Hall–Kier alpha value is -0.820. The molecule has 1 nitrogen and oxygen atoms in total. The smallest absolute Gasteiger partial charge is 0.00254 e. The SMILES string of the molecule is CCCCC1(C)CCNCC1c1ccccc1. The summed E-state index contributed by atoms with van der Waals surface area (Å²) in [4.78, 5) is 0. The molecule has 1 aromatic carbocycles. The van der Waals surface area contributed by atoms with Gasteiger partial charge in [-0.25, -0.2) is 0 Å². The van der Waals surface area contributed by atoms with Gasteiger partial charge in [0.1, 0.15) is 0 Å². The second-order valence-electron chi connectivity index (χ2n) is 5.67. The van der Waals surface area contributed by atoms with Crippen LogP contribution in [0.3, 0.4) is 0 Å². The van der Waals surface area contributed by atoms with Crippen LogP contribution in [0.4, 0.5) is 0 Å². The standard InChI is InChI=1S/C16H25N/c1-3-4-10-16(2)11-12-17-13-15(16)14-8-6-5-7-9-14/h5-9,15,17H,3-4,10-13H2,1-2H3. The fraction of sp³-hybridized carbons (Fsp3) is 0.625. The molecule has 1 aliphatic rings. The maximum atomic E-state index is 3.56. The van der Waals surface area contributed by atoms with Crippen molar-refractivity contribution in [1.82, 2.24) is 5.32 Å². The third-order valence-corrected chi connectivity index (χ3v) is 4.37. The summed E-state index contributed by atoms with van der Waals surface area (Å²) >= 11 is 0. The molecule has 0 saturated carbocycles. The minimum atomic E-state index is 0.489. The zero-order chi connectivity index (χ0) is 12.1. The van der Waals surface area contributed by atoms with E-state index in [4.69, 9.17) is 0 Å². The van der Waals surface area contributed by atoms with Crippen molar-refractivity contribution >= 4 is 0 Å². The van der Waals surface area contributed by atoms with Gasteiger partial charge in [0.2, 0.25) is 0 Å². The molecular weight excluding hydrogens is 206 g/mol. The molecule has 0 spiro atoms. The Balaban J connectivity index is 2.17. The Labute approximate surface area is 106 Å². The highest BCUT2D eigenvalue weighted by atomic mass is 14.9. The van der Waals surface area contributed by atoms with Gasteiger partial charge < -0.3 is 5.32 Å². The van der Waals surface area contributed by atoms with Crippen LogP contribution >= 0.6 is 0 Å². The number of hydrogen-bond acceptors (Lipinski definition) is 1. The highest BCUT2D eigenvalue weighted by molar-refractivity contribution is 5.23. The first-order valence-corrected chi connectivity index (χ1v) is 7.02. The summed E-state index contributed by atoms with van der Waals surface area (Å²) in [5.41, 5.74) is 2.00. The monoisotopic (exact) mass is 231 g/mol. The van der Waals surface area contributed by atoms with Crippen LogP contribution in [0.2, 0.25) is 0 Å². The molecule has 1 N–H and O–H groups in total. The van der Waals surface area contributed by atoms with Crippen LogP contribution in [0, 0.1) is 5.41 Å². The number of piperidine rings is 1. The molecule has 2 rings (SSSR count). The molecule has 1 aliphatic heterocycles. The van der Waals surface area contributed by atoms with Gasteiger partial charge in [0.25, 0.3) is 0 Å². The number of unbranched alkanes of at least 4 members (excludes halogenated alkanes) is 1. The first-order chi connectivity index (χ1) is 8.26. The maximum absolute atomic E-state index is 3.56. The predicted octanol–water partition coefficient (Wildman–Crippen LogP) is 3.96. The van der Waals surface area contributed by atoms with E-state index >= 15 is 0 Å². The van der Waals surface area contributed by atoms with Crippen molar-refractivity contribution in [1.29, 1.82) is 0 Å². The fourth-order valence-electron chi connectivity index (χ4n) is 3.13. The molecule has 94 valence electrons. The second-order valence-corrected chi connectivity index (χ2v) is 5.67. The molecule has 0 amide bonds. The maximum Gasteiger partial charge on any atom is 0.00254 e. The highest BCUT2D eigenvalue weighted by Gasteiger charge is 2.36. The van der Waals surface area contributed by atoms with Crippen molar-refractivity contribution in [2.24, 2.45) is 5.41 Å². The van der Waals surface area contributed by atoms with E-state index in [-0.39, 0.29) is 0 Å². The third kappa shape index (κ3) is 2.90. The summed E-state index contributed by atoms with van der Waals surface area (Å²) < 4.78 is 0. The van der Waals surface area contributed by atoms with Gasteiger partial charge >= 0.3 is 0 Å². The third-order valence-electron chi connectivity index (χ3n) is 4.37. The van der Waals surface area contributed by atoms with E-state index in [1.807, 2.05) is 0 Å². The molecule has 0 radical (unpaired) electrons. The average Bonchev–Trinajstić information content (AvgIpc) is 2.38. The van der Waals surface area contributed by atoms with Crippen molar-refractivity contribution in [3.63, 3.8) is 0 Å². The van der Waals surface area contributed by atoms with E-state index in [1.165, 1.54) is 37.8 Å². The van der Waals surface area contributed by atoms with Gasteiger partial charge in [-0.3, -0.25) is 0 Å². The summed E-state index contributed by atoms with van der Waals surface area (Å²) in [7, 11) is 0. The van der Waals surface area contributed by atoms with E-state index < -0.39 is 0 Å². The lowest BCUT2D eigenvalue weighted by Gasteiger charge is -2.42. The zero-order valence-corrected chi connectivity index (χ0v) is 11.2. The molecule has 1 aromatic rings. The van der Waals surface area contributed by atoms with Gasteiger partial charge in [0.15, 0.2) is 0 Å². The molecule has 1 heterocycles. The quantitative estimate of drug-likeness (QED) is 0.827. The molecular formula is C16H25N. The fourth-order valence-corrected chi connectivity index (χ4v) is 3.13. The lowest BCUT2D eigenvalue weighted by molar-refractivity contribution is 0.168. The van der Waals surface area contributed by atoms with E-state index in [0.29, 0.717) is 11.3 Å². The van der Waals surface area contributed by atoms with Crippen LogP contribution in [-0.4, -0.2) is 13.1 Å². The highest BCUT2D eigenvalue weighted by Crippen LogP contribution is 2.44. The summed E-state index contributed by atoms with van der Waals surface area (Å²) in [5.74, 6) is 0.684. The molecule has 1 fully saturated rings. The van der Waals surface area contributed by atoms with Crippen LogP contribution in [0.25, 0.3) is 0 Å². The van der Waals surface area contributed by atoms with Gasteiger partial charge in [0.05, 0.1) is 0 Å². The lowest BCUT2D eigenvalue weighted by Crippen LogP contribution is -2.42. The second kappa shape index (κ2) is 5.68. The van der Waals surface area contributed by atoms with E-state index in [9.17, 15) is 0 Å². The van der Waals surface area contributed by atoms with Gasteiger partial charge in [0, 0.05) is 12.5 Å². The van der Waals surface area contributed by atoms with Crippen LogP contribution in [0.1, 0.15) is 51.0 Å². The zero-order valence-electron chi connectivity index (χ0n) is 11.2. The Morgan fingerprint density at radius 2 is 2.06 bits per heavy atom. The largest absolute Gasteiger partial charge is 0.316 e. The van der Waals surface area contributed by atoms with Crippen molar-refractivity contribution in [2.45, 2.75) is 45.4 Å². The van der Waals surface area contributed by atoms with Gasteiger partial charge in [-0.1, -0.05) is 57.0 Å². The Morgan fingerprint density at radius 1 is 1.29 bits per heavy atom. The van der Waals surface area contributed by atoms with Crippen LogP contribution in [0.5, 0.6) is 0 Å². The first kappa shape index (κ1) is 12.6. The molecule has 1 heteroatoms. The van der Waals surface area contributed by atoms with Gasteiger partial charge in [-0.05, 0) is 30.4 Å². The molecule has 0 bridgehead atoms. The number of benzene rings is 1. The number of nitrogens with one attached hydrogen (secondary N) is 1. The van der Waals surface area contributed by atoms with Gasteiger partial charge in [-0.2, -0.15) is 0 Å². The minimum absolute atomic E-state index is 0.489. The van der Waals surface area contributed by atoms with Crippen LogP contribution in [-0.2, 0) is 0 Å². The van der Waals surface area contributed by atoms with Crippen LogP contribution < -0.4 is 5.32 Å². The van der Waals surface area contributed by atoms with Crippen molar-refractivity contribution in [3.8, 4) is 0 Å². The molecule has 0 aromatic heterocycles. The molecule has 17 heavy (non-hydrogen) atoms.